The molecule has 0 radical (unpaired) electrons. The summed E-state index contributed by atoms with van der Waals surface area (Å²) in [4.78, 5) is 12.5. The van der Waals surface area contributed by atoms with Crippen LogP contribution >= 0.6 is 22.9 Å². The first kappa shape index (κ1) is 14.2. The van der Waals surface area contributed by atoms with E-state index in [2.05, 4.69) is 28.7 Å². The van der Waals surface area contributed by atoms with Gasteiger partial charge in [-0.25, -0.2) is 9.97 Å². The van der Waals surface area contributed by atoms with E-state index in [1.807, 2.05) is 11.4 Å². The Kier molecular flexibility index (Phi) is 3.98. The molecule has 0 saturated carbocycles. The second-order valence-corrected chi connectivity index (χ2v) is 7.62. The van der Waals surface area contributed by atoms with Gasteiger partial charge in [0, 0.05) is 5.39 Å². The first-order chi connectivity index (χ1) is 9.53. The van der Waals surface area contributed by atoms with Crippen LogP contribution in [0.2, 0.25) is 5.15 Å². The number of hydrogen-bond acceptors (Lipinski definition) is 4. The summed E-state index contributed by atoms with van der Waals surface area (Å²) in [6.45, 7) is 7.79. The van der Waals surface area contributed by atoms with E-state index in [0.29, 0.717) is 10.6 Å². The number of likely N-dealkylation sites (tertiary alicyclic amines) is 1. The molecular weight excluding hydrogens is 290 g/mol. The maximum Gasteiger partial charge on any atom is 0.145 e. The molecule has 1 fully saturated rings. The number of rotatable bonds is 2. The van der Waals surface area contributed by atoms with Crippen molar-refractivity contribution in [1.82, 2.24) is 14.9 Å². The Morgan fingerprint density at radius 3 is 3.00 bits per heavy atom. The van der Waals surface area contributed by atoms with E-state index in [4.69, 9.17) is 11.6 Å². The molecule has 2 aromatic heterocycles. The number of nitrogens with zero attached hydrogens (tertiary/aromatic N) is 3. The summed E-state index contributed by atoms with van der Waals surface area (Å²) in [6.07, 6.45) is 3.79. The summed E-state index contributed by atoms with van der Waals surface area (Å²) in [5.74, 6) is 0.852. The summed E-state index contributed by atoms with van der Waals surface area (Å²) in [7, 11) is 0. The van der Waals surface area contributed by atoms with Gasteiger partial charge in [0.15, 0.2) is 0 Å². The van der Waals surface area contributed by atoms with Gasteiger partial charge in [-0.2, -0.15) is 0 Å². The fraction of sp³-hybridized carbons (Fsp3) is 0.600. The predicted octanol–water partition coefficient (Wildman–Crippen LogP) is 4.36. The Balaban J connectivity index is 1.75. The van der Waals surface area contributed by atoms with Gasteiger partial charge in [-0.05, 0) is 49.2 Å². The van der Waals surface area contributed by atoms with Gasteiger partial charge in [0.25, 0.3) is 0 Å². The highest BCUT2D eigenvalue weighted by atomic mass is 35.5. The summed E-state index contributed by atoms with van der Waals surface area (Å²) in [6, 6.07) is 1.99. The van der Waals surface area contributed by atoms with Crippen LogP contribution in [0, 0.1) is 5.41 Å². The Hall–Kier alpha value is -0.710. The lowest BCUT2D eigenvalue weighted by Crippen LogP contribution is -2.26. The summed E-state index contributed by atoms with van der Waals surface area (Å²) >= 11 is 7.86. The van der Waals surface area contributed by atoms with Gasteiger partial charge in [0.05, 0.1) is 6.54 Å². The van der Waals surface area contributed by atoms with Crippen LogP contribution in [0.4, 0.5) is 0 Å². The molecular formula is C15H20ClN3S. The Labute approximate surface area is 129 Å². The molecule has 3 rings (SSSR count). The molecule has 0 amide bonds. The van der Waals surface area contributed by atoms with Crippen LogP contribution in [0.15, 0.2) is 11.4 Å². The van der Waals surface area contributed by atoms with Crippen molar-refractivity contribution < 1.29 is 0 Å². The zero-order valence-corrected chi connectivity index (χ0v) is 13.6. The van der Waals surface area contributed by atoms with Crippen LogP contribution < -0.4 is 0 Å². The second kappa shape index (κ2) is 5.58. The van der Waals surface area contributed by atoms with Crippen LogP contribution in [0.5, 0.6) is 0 Å². The van der Waals surface area contributed by atoms with E-state index in [9.17, 15) is 0 Å². The molecule has 1 aliphatic rings. The van der Waals surface area contributed by atoms with Crippen LogP contribution in [-0.2, 0) is 6.54 Å². The minimum Gasteiger partial charge on any atom is -0.296 e. The number of thiophene rings is 1. The van der Waals surface area contributed by atoms with Crippen molar-refractivity contribution in [2.75, 3.05) is 13.1 Å². The molecule has 2 aromatic rings. The van der Waals surface area contributed by atoms with Crippen LogP contribution in [0.25, 0.3) is 10.2 Å². The molecule has 0 atom stereocenters. The Morgan fingerprint density at radius 1 is 1.30 bits per heavy atom. The molecule has 5 heteroatoms. The monoisotopic (exact) mass is 309 g/mol. The van der Waals surface area contributed by atoms with E-state index in [-0.39, 0.29) is 0 Å². The van der Waals surface area contributed by atoms with Crippen molar-refractivity contribution in [3.05, 3.63) is 22.4 Å². The van der Waals surface area contributed by atoms with Gasteiger partial charge in [-0.15, -0.1) is 11.3 Å². The van der Waals surface area contributed by atoms with Crippen molar-refractivity contribution in [3.63, 3.8) is 0 Å². The van der Waals surface area contributed by atoms with Crippen molar-refractivity contribution in [2.24, 2.45) is 5.41 Å². The topological polar surface area (TPSA) is 29.0 Å². The van der Waals surface area contributed by atoms with Gasteiger partial charge in [-0.3, -0.25) is 4.90 Å². The third-order valence-electron chi connectivity index (χ3n) is 4.12. The highest BCUT2D eigenvalue weighted by molar-refractivity contribution is 7.16. The van der Waals surface area contributed by atoms with Crippen LogP contribution in [0.3, 0.4) is 0 Å². The zero-order chi connectivity index (χ0) is 14.2. The quantitative estimate of drug-likeness (QED) is 0.772. The third-order valence-corrected chi connectivity index (χ3v) is 5.22. The van der Waals surface area contributed by atoms with Crippen LogP contribution in [0.1, 0.15) is 38.9 Å². The molecule has 0 unspecified atom stereocenters. The van der Waals surface area contributed by atoms with E-state index in [0.717, 1.165) is 35.7 Å². The average molecular weight is 310 g/mol. The molecule has 3 heterocycles. The van der Waals surface area contributed by atoms with E-state index in [1.54, 1.807) is 11.3 Å². The molecule has 0 spiro atoms. The first-order valence-corrected chi connectivity index (χ1v) is 8.41. The SMILES string of the molecule is CC1(C)CCCN(Cc2nc(Cl)c3ccsc3n2)CC1. The highest BCUT2D eigenvalue weighted by Gasteiger charge is 2.23. The maximum absolute atomic E-state index is 6.24. The van der Waals surface area contributed by atoms with Gasteiger partial charge < -0.3 is 0 Å². The van der Waals surface area contributed by atoms with Gasteiger partial charge in [-0.1, -0.05) is 25.4 Å². The lowest BCUT2D eigenvalue weighted by Gasteiger charge is -2.22. The minimum absolute atomic E-state index is 0.463. The molecule has 0 aromatic carbocycles. The van der Waals surface area contributed by atoms with Crippen molar-refractivity contribution >= 4 is 33.2 Å². The number of hydrogen-bond donors (Lipinski definition) is 0. The van der Waals surface area contributed by atoms with E-state index in [1.165, 1.54) is 19.3 Å². The summed E-state index contributed by atoms with van der Waals surface area (Å²) < 4.78 is 0. The minimum atomic E-state index is 0.463. The van der Waals surface area contributed by atoms with Crippen molar-refractivity contribution in [3.8, 4) is 0 Å². The predicted molar refractivity (Wildman–Crippen MR) is 85.3 cm³/mol. The largest absolute Gasteiger partial charge is 0.296 e. The normalized spacial score (nSPS) is 20.1. The van der Waals surface area contributed by atoms with Crippen molar-refractivity contribution in [1.29, 1.82) is 0 Å². The van der Waals surface area contributed by atoms with Gasteiger partial charge in [0.1, 0.15) is 15.8 Å². The molecule has 0 bridgehead atoms. The highest BCUT2D eigenvalue weighted by Crippen LogP contribution is 2.30. The van der Waals surface area contributed by atoms with Gasteiger partial charge in [0.2, 0.25) is 0 Å². The fourth-order valence-electron chi connectivity index (χ4n) is 2.77. The van der Waals surface area contributed by atoms with E-state index >= 15 is 0 Å². The maximum atomic E-state index is 6.24. The molecule has 0 aliphatic carbocycles. The molecule has 1 saturated heterocycles. The smallest absolute Gasteiger partial charge is 0.145 e. The number of halogens is 1. The molecule has 3 nitrogen and oxygen atoms in total. The van der Waals surface area contributed by atoms with Gasteiger partial charge >= 0.3 is 0 Å². The molecule has 20 heavy (non-hydrogen) atoms. The number of fused-ring (bicyclic) bond motifs is 1. The first-order valence-electron chi connectivity index (χ1n) is 7.15. The van der Waals surface area contributed by atoms with Crippen LogP contribution in [-0.4, -0.2) is 28.0 Å². The molecule has 108 valence electrons. The number of aromatic nitrogens is 2. The summed E-state index contributed by atoms with van der Waals surface area (Å²) in [5.41, 5.74) is 0.463. The average Bonchev–Trinajstić information content (AvgIpc) is 2.78. The van der Waals surface area contributed by atoms with Crippen molar-refractivity contribution in [2.45, 2.75) is 39.7 Å². The Bertz CT molecular complexity index is 608. The molecule has 0 N–H and O–H groups in total. The third kappa shape index (κ3) is 3.13. The standard InChI is InChI=1S/C15H20ClN3S/c1-15(2)5-3-7-19(8-6-15)10-12-17-13(16)11-4-9-20-14(11)18-12/h4,9H,3,5-8,10H2,1-2H3. The Morgan fingerprint density at radius 2 is 2.15 bits per heavy atom. The zero-order valence-electron chi connectivity index (χ0n) is 12.0. The fourth-order valence-corrected chi connectivity index (χ4v) is 3.86. The second-order valence-electron chi connectivity index (χ2n) is 6.36. The molecule has 1 aliphatic heterocycles. The lowest BCUT2D eigenvalue weighted by atomic mass is 9.85. The summed E-state index contributed by atoms with van der Waals surface area (Å²) in [5, 5.41) is 3.57. The lowest BCUT2D eigenvalue weighted by molar-refractivity contribution is 0.251. The van der Waals surface area contributed by atoms with E-state index < -0.39 is 0 Å².